The average molecular weight is 238 g/mol. The number of likely N-dealkylation sites (N-methyl/N-ethyl adjacent to an activating group) is 1. The Morgan fingerprint density at radius 2 is 2.18 bits per heavy atom. The SMILES string of the molecule is CC1CN(C)C(CO)CN1c1cccc(F)c1. The minimum Gasteiger partial charge on any atom is -0.395 e. The first-order chi connectivity index (χ1) is 8.11. The lowest BCUT2D eigenvalue weighted by atomic mass is 10.1. The smallest absolute Gasteiger partial charge is 0.125 e. The molecular formula is C13H19FN2O. The van der Waals surface area contributed by atoms with Crippen molar-refractivity contribution in [2.45, 2.75) is 19.0 Å². The van der Waals surface area contributed by atoms with Gasteiger partial charge in [0.1, 0.15) is 5.82 Å². The Morgan fingerprint density at radius 1 is 1.41 bits per heavy atom. The van der Waals surface area contributed by atoms with E-state index in [9.17, 15) is 9.50 Å². The molecule has 3 nitrogen and oxygen atoms in total. The molecule has 1 aliphatic rings. The molecule has 2 rings (SSSR count). The van der Waals surface area contributed by atoms with Gasteiger partial charge in [0.25, 0.3) is 0 Å². The summed E-state index contributed by atoms with van der Waals surface area (Å²) in [5.74, 6) is -0.214. The van der Waals surface area contributed by atoms with E-state index in [4.69, 9.17) is 0 Å². The van der Waals surface area contributed by atoms with Gasteiger partial charge < -0.3 is 10.0 Å². The zero-order valence-electron chi connectivity index (χ0n) is 10.3. The van der Waals surface area contributed by atoms with Crippen LogP contribution in [0.3, 0.4) is 0 Å². The van der Waals surface area contributed by atoms with Crippen molar-refractivity contribution >= 4 is 5.69 Å². The molecule has 0 spiro atoms. The summed E-state index contributed by atoms with van der Waals surface area (Å²) < 4.78 is 13.2. The molecule has 1 aromatic rings. The standard InChI is InChI=1S/C13H19FN2O/c1-10-7-15(2)13(9-17)8-16(10)12-5-3-4-11(14)6-12/h3-6,10,13,17H,7-9H2,1-2H3. The summed E-state index contributed by atoms with van der Waals surface area (Å²) in [5.41, 5.74) is 0.893. The van der Waals surface area contributed by atoms with Crippen LogP contribution in [0.1, 0.15) is 6.92 Å². The maximum Gasteiger partial charge on any atom is 0.125 e. The van der Waals surface area contributed by atoms with Crippen molar-refractivity contribution in [2.75, 3.05) is 31.6 Å². The van der Waals surface area contributed by atoms with Crippen LogP contribution in [0.25, 0.3) is 0 Å². The molecule has 94 valence electrons. The lowest BCUT2D eigenvalue weighted by molar-refractivity contribution is 0.121. The minimum absolute atomic E-state index is 0.120. The first-order valence-corrected chi connectivity index (χ1v) is 5.95. The van der Waals surface area contributed by atoms with E-state index in [0.717, 1.165) is 18.8 Å². The molecule has 0 bridgehead atoms. The summed E-state index contributed by atoms with van der Waals surface area (Å²) >= 11 is 0. The van der Waals surface area contributed by atoms with Crippen LogP contribution in [0.2, 0.25) is 0 Å². The number of aliphatic hydroxyl groups is 1. The quantitative estimate of drug-likeness (QED) is 0.842. The fraction of sp³-hybridized carbons (Fsp3) is 0.538. The normalized spacial score (nSPS) is 26.2. The maximum atomic E-state index is 13.2. The van der Waals surface area contributed by atoms with Crippen molar-refractivity contribution in [2.24, 2.45) is 0 Å². The summed E-state index contributed by atoms with van der Waals surface area (Å²) in [5, 5.41) is 9.32. The average Bonchev–Trinajstić information content (AvgIpc) is 2.29. The highest BCUT2D eigenvalue weighted by atomic mass is 19.1. The first kappa shape index (κ1) is 12.3. The Bertz CT molecular complexity index is 385. The van der Waals surface area contributed by atoms with E-state index in [1.54, 1.807) is 12.1 Å². The van der Waals surface area contributed by atoms with Crippen LogP contribution in [0.15, 0.2) is 24.3 Å². The van der Waals surface area contributed by atoms with Crippen molar-refractivity contribution in [3.63, 3.8) is 0 Å². The second-order valence-electron chi connectivity index (χ2n) is 4.76. The summed E-state index contributed by atoms with van der Waals surface area (Å²) in [7, 11) is 2.01. The zero-order valence-corrected chi connectivity index (χ0v) is 10.3. The zero-order chi connectivity index (χ0) is 12.4. The molecule has 1 N–H and O–H groups in total. The molecular weight excluding hydrogens is 219 g/mol. The Balaban J connectivity index is 2.20. The van der Waals surface area contributed by atoms with Crippen molar-refractivity contribution in [1.29, 1.82) is 0 Å². The molecule has 0 radical (unpaired) electrons. The molecule has 17 heavy (non-hydrogen) atoms. The predicted octanol–water partition coefficient (Wildman–Crippen LogP) is 1.33. The van der Waals surface area contributed by atoms with Crippen molar-refractivity contribution in [3.05, 3.63) is 30.1 Å². The predicted molar refractivity (Wildman–Crippen MR) is 66.7 cm³/mol. The van der Waals surface area contributed by atoms with Crippen LogP contribution < -0.4 is 4.90 Å². The van der Waals surface area contributed by atoms with Crippen molar-refractivity contribution in [1.82, 2.24) is 4.90 Å². The van der Waals surface area contributed by atoms with Crippen LogP contribution in [0, 0.1) is 5.82 Å². The second kappa shape index (κ2) is 5.02. The number of anilines is 1. The molecule has 2 unspecified atom stereocenters. The number of hydrogen-bond donors (Lipinski definition) is 1. The Hall–Kier alpha value is -1.13. The third kappa shape index (κ3) is 2.58. The summed E-state index contributed by atoms with van der Waals surface area (Å²) in [6.45, 7) is 3.86. The maximum absolute atomic E-state index is 13.2. The highest BCUT2D eigenvalue weighted by Crippen LogP contribution is 2.23. The number of benzene rings is 1. The van der Waals surface area contributed by atoms with E-state index in [0.29, 0.717) is 6.04 Å². The van der Waals surface area contributed by atoms with Gasteiger partial charge >= 0.3 is 0 Å². The third-order valence-corrected chi connectivity index (χ3v) is 3.47. The molecule has 0 saturated carbocycles. The Kier molecular flexibility index (Phi) is 3.64. The number of hydrogen-bond acceptors (Lipinski definition) is 3. The highest BCUT2D eigenvalue weighted by Gasteiger charge is 2.28. The van der Waals surface area contributed by atoms with Gasteiger partial charge in [-0.25, -0.2) is 4.39 Å². The van der Waals surface area contributed by atoms with E-state index in [-0.39, 0.29) is 18.5 Å². The molecule has 0 aromatic heterocycles. The van der Waals surface area contributed by atoms with Gasteiger partial charge in [-0.2, -0.15) is 0 Å². The van der Waals surface area contributed by atoms with Crippen molar-refractivity contribution in [3.8, 4) is 0 Å². The monoisotopic (exact) mass is 238 g/mol. The van der Waals surface area contributed by atoms with Crippen LogP contribution in [0.4, 0.5) is 10.1 Å². The fourth-order valence-corrected chi connectivity index (χ4v) is 2.42. The fourth-order valence-electron chi connectivity index (χ4n) is 2.42. The van der Waals surface area contributed by atoms with E-state index in [1.165, 1.54) is 6.07 Å². The molecule has 1 aromatic carbocycles. The number of rotatable bonds is 2. The third-order valence-electron chi connectivity index (χ3n) is 3.47. The van der Waals surface area contributed by atoms with Gasteiger partial charge in [-0.3, -0.25) is 4.90 Å². The number of piperazine rings is 1. The Labute approximate surface area is 101 Å². The summed E-state index contributed by atoms with van der Waals surface area (Å²) in [6, 6.07) is 7.09. The van der Waals surface area contributed by atoms with Crippen LogP contribution >= 0.6 is 0 Å². The summed E-state index contributed by atoms with van der Waals surface area (Å²) in [4.78, 5) is 4.31. The largest absolute Gasteiger partial charge is 0.395 e. The molecule has 1 aliphatic heterocycles. The highest BCUT2D eigenvalue weighted by molar-refractivity contribution is 5.48. The van der Waals surface area contributed by atoms with Gasteiger partial charge in [0.2, 0.25) is 0 Å². The molecule has 1 saturated heterocycles. The van der Waals surface area contributed by atoms with Crippen LogP contribution in [-0.4, -0.2) is 48.8 Å². The second-order valence-corrected chi connectivity index (χ2v) is 4.76. The minimum atomic E-state index is -0.214. The lowest BCUT2D eigenvalue weighted by Crippen LogP contribution is -2.57. The van der Waals surface area contributed by atoms with Crippen LogP contribution in [-0.2, 0) is 0 Å². The molecule has 1 fully saturated rings. The molecule has 0 aliphatic carbocycles. The van der Waals surface area contributed by atoms with E-state index < -0.39 is 0 Å². The number of halogens is 1. The van der Waals surface area contributed by atoms with Crippen molar-refractivity contribution < 1.29 is 9.50 Å². The molecule has 1 heterocycles. The molecule has 0 amide bonds. The topological polar surface area (TPSA) is 26.7 Å². The lowest BCUT2D eigenvalue weighted by Gasteiger charge is -2.44. The number of nitrogens with zero attached hydrogens (tertiary/aromatic N) is 2. The van der Waals surface area contributed by atoms with Gasteiger partial charge in [-0.15, -0.1) is 0 Å². The summed E-state index contributed by atoms with van der Waals surface area (Å²) in [6.07, 6.45) is 0. The van der Waals surface area contributed by atoms with Gasteiger partial charge in [0, 0.05) is 24.8 Å². The molecule has 4 heteroatoms. The Morgan fingerprint density at radius 3 is 2.82 bits per heavy atom. The number of aliphatic hydroxyl groups excluding tert-OH is 1. The molecule has 2 atom stereocenters. The van der Waals surface area contributed by atoms with E-state index in [2.05, 4.69) is 16.7 Å². The van der Waals surface area contributed by atoms with Gasteiger partial charge in [0.05, 0.1) is 12.6 Å². The van der Waals surface area contributed by atoms with Crippen LogP contribution in [0.5, 0.6) is 0 Å². The van der Waals surface area contributed by atoms with Gasteiger partial charge in [0.15, 0.2) is 0 Å². The van der Waals surface area contributed by atoms with Gasteiger partial charge in [-0.05, 0) is 32.2 Å². The van der Waals surface area contributed by atoms with Gasteiger partial charge in [-0.1, -0.05) is 6.07 Å². The van der Waals surface area contributed by atoms with E-state index >= 15 is 0 Å². The van der Waals surface area contributed by atoms with E-state index in [1.807, 2.05) is 13.1 Å². The first-order valence-electron chi connectivity index (χ1n) is 5.95.